The highest BCUT2D eigenvalue weighted by atomic mass is 16.1. The minimum Gasteiger partial charge on any atom is -0.385 e. The van der Waals surface area contributed by atoms with Gasteiger partial charge in [0.05, 0.1) is 5.69 Å². The highest BCUT2D eigenvalue weighted by Gasteiger charge is 2.00. The standard InChI is InChI=1S/C14H19N3O/c1-2-3-4-9-15-12-7-5-11(6-8-12)13-10-14(18)17-16-13/h5-8,10,15H,2-4,9H2,1H3,(H2,16,17,18). The van der Waals surface area contributed by atoms with Gasteiger partial charge in [0.1, 0.15) is 0 Å². The van der Waals surface area contributed by atoms with E-state index in [-0.39, 0.29) is 5.56 Å². The summed E-state index contributed by atoms with van der Waals surface area (Å²) in [5.41, 5.74) is 2.84. The van der Waals surface area contributed by atoms with E-state index in [2.05, 4.69) is 22.4 Å². The number of unbranched alkanes of at least 4 members (excludes halogenated alkanes) is 2. The van der Waals surface area contributed by atoms with Gasteiger partial charge >= 0.3 is 0 Å². The minimum atomic E-state index is -0.105. The molecule has 3 N–H and O–H groups in total. The lowest BCUT2D eigenvalue weighted by Crippen LogP contribution is -2.00. The molecule has 1 aromatic carbocycles. The molecule has 2 aromatic rings. The molecule has 0 saturated carbocycles. The van der Waals surface area contributed by atoms with E-state index in [1.165, 1.54) is 19.3 Å². The third kappa shape index (κ3) is 3.26. The van der Waals surface area contributed by atoms with E-state index in [0.29, 0.717) is 0 Å². The number of benzene rings is 1. The van der Waals surface area contributed by atoms with Gasteiger partial charge in [-0.05, 0) is 24.1 Å². The molecule has 18 heavy (non-hydrogen) atoms. The molecule has 0 saturated heterocycles. The number of aromatic nitrogens is 2. The summed E-state index contributed by atoms with van der Waals surface area (Å²) >= 11 is 0. The van der Waals surface area contributed by atoms with E-state index in [9.17, 15) is 4.79 Å². The van der Waals surface area contributed by atoms with Gasteiger partial charge in [0.2, 0.25) is 0 Å². The number of anilines is 1. The fraction of sp³-hybridized carbons (Fsp3) is 0.357. The predicted molar refractivity (Wildman–Crippen MR) is 74.9 cm³/mol. The second kappa shape index (κ2) is 6.10. The molecule has 0 aliphatic rings. The first-order valence-electron chi connectivity index (χ1n) is 6.41. The molecule has 1 aromatic heterocycles. The molecular formula is C14H19N3O. The molecule has 2 rings (SSSR count). The van der Waals surface area contributed by atoms with Crippen molar-refractivity contribution >= 4 is 5.69 Å². The van der Waals surface area contributed by atoms with E-state index in [4.69, 9.17) is 0 Å². The van der Waals surface area contributed by atoms with Gasteiger partial charge in [0.25, 0.3) is 5.56 Å². The Morgan fingerprint density at radius 3 is 2.50 bits per heavy atom. The second-order valence-electron chi connectivity index (χ2n) is 4.38. The summed E-state index contributed by atoms with van der Waals surface area (Å²) in [6, 6.07) is 9.63. The van der Waals surface area contributed by atoms with Crippen LogP contribution in [0.25, 0.3) is 11.3 Å². The van der Waals surface area contributed by atoms with Crippen molar-refractivity contribution in [3.63, 3.8) is 0 Å². The van der Waals surface area contributed by atoms with Crippen molar-refractivity contribution in [2.75, 3.05) is 11.9 Å². The first-order valence-corrected chi connectivity index (χ1v) is 6.41. The third-order valence-electron chi connectivity index (χ3n) is 2.90. The smallest absolute Gasteiger partial charge is 0.264 e. The van der Waals surface area contributed by atoms with Crippen molar-refractivity contribution in [1.29, 1.82) is 0 Å². The van der Waals surface area contributed by atoms with Gasteiger partial charge in [-0.1, -0.05) is 31.9 Å². The maximum Gasteiger partial charge on any atom is 0.264 e. The van der Waals surface area contributed by atoms with Gasteiger partial charge in [0.15, 0.2) is 0 Å². The fourth-order valence-corrected chi connectivity index (χ4v) is 1.86. The fourth-order valence-electron chi connectivity index (χ4n) is 1.86. The summed E-state index contributed by atoms with van der Waals surface area (Å²) in [5.74, 6) is 0. The molecule has 0 aliphatic heterocycles. The van der Waals surface area contributed by atoms with Crippen molar-refractivity contribution in [2.24, 2.45) is 0 Å². The molecule has 0 fully saturated rings. The summed E-state index contributed by atoms with van der Waals surface area (Å²) in [6.07, 6.45) is 3.69. The van der Waals surface area contributed by atoms with Gasteiger partial charge in [-0.25, -0.2) is 0 Å². The number of aromatic amines is 2. The topological polar surface area (TPSA) is 60.7 Å². The first kappa shape index (κ1) is 12.5. The van der Waals surface area contributed by atoms with Crippen molar-refractivity contribution in [1.82, 2.24) is 10.2 Å². The molecule has 0 unspecified atom stereocenters. The molecule has 4 nitrogen and oxygen atoms in total. The Hall–Kier alpha value is -1.97. The van der Waals surface area contributed by atoms with E-state index >= 15 is 0 Å². The first-order chi connectivity index (χ1) is 8.79. The molecular weight excluding hydrogens is 226 g/mol. The van der Waals surface area contributed by atoms with Crippen molar-refractivity contribution < 1.29 is 0 Å². The Balaban J connectivity index is 1.95. The quantitative estimate of drug-likeness (QED) is 0.685. The Morgan fingerprint density at radius 1 is 1.11 bits per heavy atom. The zero-order valence-electron chi connectivity index (χ0n) is 10.6. The van der Waals surface area contributed by atoms with E-state index in [1.807, 2.05) is 24.3 Å². The number of H-pyrrole nitrogens is 2. The molecule has 0 amide bonds. The van der Waals surface area contributed by atoms with Crippen molar-refractivity contribution in [3.05, 3.63) is 40.7 Å². The number of nitrogens with one attached hydrogen (secondary N) is 3. The Morgan fingerprint density at radius 2 is 1.89 bits per heavy atom. The SMILES string of the molecule is CCCCCNc1ccc(-c2cc(=O)[nH][nH]2)cc1. The maximum atomic E-state index is 11.0. The average molecular weight is 245 g/mol. The van der Waals surface area contributed by atoms with Crippen LogP contribution in [0.3, 0.4) is 0 Å². The van der Waals surface area contributed by atoms with Crippen LogP contribution in [-0.2, 0) is 0 Å². The lowest BCUT2D eigenvalue weighted by atomic mass is 10.1. The Bertz CT molecular complexity index is 524. The highest BCUT2D eigenvalue weighted by Crippen LogP contribution is 2.17. The molecule has 1 heterocycles. The van der Waals surface area contributed by atoms with Crippen LogP contribution in [0.5, 0.6) is 0 Å². The van der Waals surface area contributed by atoms with Crippen LogP contribution in [-0.4, -0.2) is 16.7 Å². The number of hydrogen-bond acceptors (Lipinski definition) is 2. The largest absolute Gasteiger partial charge is 0.385 e. The van der Waals surface area contributed by atoms with Gasteiger partial charge in [-0.2, -0.15) is 0 Å². The van der Waals surface area contributed by atoms with Crippen LogP contribution in [0.1, 0.15) is 26.2 Å². The summed E-state index contributed by atoms with van der Waals surface area (Å²) < 4.78 is 0. The average Bonchev–Trinajstić information content (AvgIpc) is 2.82. The van der Waals surface area contributed by atoms with E-state index in [0.717, 1.165) is 23.5 Å². The molecule has 4 heteroatoms. The van der Waals surface area contributed by atoms with E-state index in [1.54, 1.807) is 6.07 Å². The van der Waals surface area contributed by atoms with Gasteiger partial charge in [-0.15, -0.1) is 0 Å². The number of rotatable bonds is 6. The zero-order chi connectivity index (χ0) is 12.8. The summed E-state index contributed by atoms with van der Waals surface area (Å²) in [4.78, 5) is 11.0. The summed E-state index contributed by atoms with van der Waals surface area (Å²) in [6.45, 7) is 3.21. The van der Waals surface area contributed by atoms with E-state index < -0.39 is 0 Å². The van der Waals surface area contributed by atoms with Crippen LogP contribution >= 0.6 is 0 Å². The zero-order valence-corrected chi connectivity index (χ0v) is 10.6. The maximum absolute atomic E-state index is 11.0. The summed E-state index contributed by atoms with van der Waals surface area (Å²) in [5, 5.41) is 8.76. The monoisotopic (exact) mass is 245 g/mol. The summed E-state index contributed by atoms with van der Waals surface area (Å²) in [7, 11) is 0. The third-order valence-corrected chi connectivity index (χ3v) is 2.90. The predicted octanol–water partition coefficient (Wildman–Crippen LogP) is 2.97. The lowest BCUT2D eigenvalue weighted by molar-refractivity contribution is 0.744. The van der Waals surface area contributed by atoms with Crippen molar-refractivity contribution in [3.8, 4) is 11.3 Å². The van der Waals surface area contributed by atoms with Gasteiger partial charge in [0, 0.05) is 18.3 Å². The highest BCUT2D eigenvalue weighted by molar-refractivity contribution is 5.62. The normalized spacial score (nSPS) is 10.5. The lowest BCUT2D eigenvalue weighted by Gasteiger charge is -2.06. The van der Waals surface area contributed by atoms with Crippen LogP contribution in [0, 0.1) is 0 Å². The minimum absolute atomic E-state index is 0.105. The molecule has 0 radical (unpaired) electrons. The molecule has 0 aliphatic carbocycles. The second-order valence-corrected chi connectivity index (χ2v) is 4.38. The van der Waals surface area contributed by atoms with Crippen LogP contribution in [0.15, 0.2) is 35.1 Å². The molecule has 0 spiro atoms. The number of hydrogen-bond donors (Lipinski definition) is 3. The molecule has 96 valence electrons. The van der Waals surface area contributed by atoms with Crippen LogP contribution in [0.2, 0.25) is 0 Å². The van der Waals surface area contributed by atoms with Crippen LogP contribution < -0.4 is 10.9 Å². The Kier molecular flexibility index (Phi) is 4.23. The van der Waals surface area contributed by atoms with Crippen molar-refractivity contribution in [2.45, 2.75) is 26.2 Å². The molecule has 0 bridgehead atoms. The Labute approximate surface area is 106 Å². The molecule has 0 atom stereocenters. The van der Waals surface area contributed by atoms with Gasteiger partial charge < -0.3 is 5.32 Å². The van der Waals surface area contributed by atoms with Crippen LogP contribution in [0.4, 0.5) is 5.69 Å². The van der Waals surface area contributed by atoms with Gasteiger partial charge in [-0.3, -0.25) is 15.0 Å².